The van der Waals surface area contributed by atoms with Gasteiger partial charge in [-0.3, -0.25) is 0 Å². The summed E-state index contributed by atoms with van der Waals surface area (Å²) in [5.41, 5.74) is 4.78. The Balaban J connectivity index is 0.000000191. The van der Waals surface area contributed by atoms with Crippen LogP contribution in [-0.2, 0) is 12.8 Å². The zero-order chi connectivity index (χ0) is 14.1. The number of nitriles is 1. The summed E-state index contributed by atoms with van der Waals surface area (Å²) < 4.78 is 0. The predicted octanol–water partition coefficient (Wildman–Crippen LogP) is 4.68. The van der Waals surface area contributed by atoms with Crippen LogP contribution in [0.25, 0.3) is 0 Å². The first-order valence-corrected chi connectivity index (χ1v) is 6.75. The summed E-state index contributed by atoms with van der Waals surface area (Å²) >= 11 is 0. The number of rotatable bonds is 2. The summed E-state index contributed by atoms with van der Waals surface area (Å²) in [4.78, 5) is 0. The van der Waals surface area contributed by atoms with Crippen molar-refractivity contribution in [2.45, 2.75) is 33.6 Å². The van der Waals surface area contributed by atoms with Gasteiger partial charge in [0.15, 0.2) is 0 Å². The molecule has 98 valence electrons. The summed E-state index contributed by atoms with van der Waals surface area (Å²) in [6.07, 6.45) is 2.08. The Hall–Kier alpha value is -2.07. The Bertz CT molecular complexity index is 550. The van der Waals surface area contributed by atoms with Gasteiger partial charge in [0.1, 0.15) is 0 Å². The van der Waals surface area contributed by atoms with Gasteiger partial charge in [0, 0.05) is 0 Å². The van der Waals surface area contributed by atoms with Gasteiger partial charge in [-0.1, -0.05) is 56.3 Å². The summed E-state index contributed by atoms with van der Waals surface area (Å²) in [5, 5.41) is 8.60. The second kappa shape index (κ2) is 8.11. The third-order valence-corrected chi connectivity index (χ3v) is 3.16. The van der Waals surface area contributed by atoms with E-state index in [1.807, 2.05) is 24.3 Å². The molecule has 19 heavy (non-hydrogen) atoms. The third-order valence-electron chi connectivity index (χ3n) is 3.16. The van der Waals surface area contributed by atoms with Crippen LogP contribution in [0.15, 0.2) is 48.5 Å². The molecule has 2 aromatic carbocycles. The van der Waals surface area contributed by atoms with Crippen molar-refractivity contribution in [2.75, 3.05) is 0 Å². The molecule has 0 aliphatic carbocycles. The molecule has 0 N–H and O–H groups in total. The van der Waals surface area contributed by atoms with Crippen LogP contribution in [0.4, 0.5) is 0 Å². The van der Waals surface area contributed by atoms with Gasteiger partial charge in [0.25, 0.3) is 0 Å². The number of nitrogens with zero attached hydrogens (tertiary/aromatic N) is 1. The van der Waals surface area contributed by atoms with E-state index in [1.165, 1.54) is 11.1 Å². The summed E-state index contributed by atoms with van der Waals surface area (Å²) in [5.74, 6) is 0. The monoisotopic (exact) mass is 251 g/mol. The van der Waals surface area contributed by atoms with Crippen LogP contribution in [-0.4, -0.2) is 0 Å². The smallest absolute Gasteiger partial charge is 0.0994 e. The molecular weight excluding hydrogens is 230 g/mol. The van der Waals surface area contributed by atoms with Crippen LogP contribution in [0.2, 0.25) is 0 Å². The number of hydrogen-bond donors (Lipinski definition) is 0. The van der Waals surface area contributed by atoms with Crippen molar-refractivity contribution in [3.63, 3.8) is 0 Å². The fraction of sp³-hybridized carbons (Fsp3) is 0.278. The Morgan fingerprint density at radius 3 is 1.79 bits per heavy atom. The molecule has 0 spiro atoms. The van der Waals surface area contributed by atoms with Gasteiger partial charge in [0.05, 0.1) is 11.6 Å². The van der Waals surface area contributed by atoms with Crippen LogP contribution in [0.5, 0.6) is 0 Å². The third kappa shape index (κ3) is 4.60. The molecule has 0 aliphatic heterocycles. The highest BCUT2D eigenvalue weighted by Gasteiger charge is 1.94. The molecule has 0 atom stereocenters. The van der Waals surface area contributed by atoms with Gasteiger partial charge >= 0.3 is 0 Å². The average Bonchev–Trinajstić information content (AvgIpc) is 2.48. The molecule has 0 radical (unpaired) electrons. The molecule has 0 aliphatic rings. The van der Waals surface area contributed by atoms with Gasteiger partial charge < -0.3 is 0 Å². The maximum Gasteiger partial charge on any atom is 0.0994 e. The fourth-order valence-corrected chi connectivity index (χ4v) is 1.94. The highest BCUT2D eigenvalue weighted by Crippen LogP contribution is 2.07. The normalized spacial score (nSPS) is 9.16. The first-order valence-electron chi connectivity index (χ1n) is 6.75. The first-order chi connectivity index (χ1) is 9.22. The molecule has 1 heteroatoms. The van der Waals surface area contributed by atoms with Crippen molar-refractivity contribution in [1.29, 1.82) is 5.26 Å². The zero-order valence-corrected chi connectivity index (χ0v) is 12.0. The lowest BCUT2D eigenvalue weighted by Crippen LogP contribution is -1.84. The molecule has 0 bridgehead atoms. The number of aryl methyl sites for hydroxylation is 3. The lowest BCUT2D eigenvalue weighted by molar-refractivity contribution is 1.11. The summed E-state index contributed by atoms with van der Waals surface area (Å²) in [6, 6.07) is 18.3. The SMILES string of the molecule is CCc1ccccc1C.CCc1ccccc1C#N. The van der Waals surface area contributed by atoms with Crippen molar-refractivity contribution in [3.8, 4) is 6.07 Å². The highest BCUT2D eigenvalue weighted by molar-refractivity contribution is 5.37. The second-order valence-electron chi connectivity index (χ2n) is 4.40. The van der Waals surface area contributed by atoms with E-state index in [4.69, 9.17) is 5.26 Å². The van der Waals surface area contributed by atoms with E-state index in [1.54, 1.807) is 0 Å². The van der Waals surface area contributed by atoms with Crippen molar-refractivity contribution >= 4 is 0 Å². The van der Waals surface area contributed by atoms with Crippen molar-refractivity contribution < 1.29 is 0 Å². The molecule has 0 unspecified atom stereocenters. The van der Waals surface area contributed by atoms with Crippen LogP contribution in [0, 0.1) is 18.3 Å². The topological polar surface area (TPSA) is 23.8 Å². The summed E-state index contributed by atoms with van der Waals surface area (Å²) in [7, 11) is 0. The second-order valence-corrected chi connectivity index (χ2v) is 4.40. The molecule has 1 nitrogen and oxygen atoms in total. The lowest BCUT2D eigenvalue weighted by atomic mass is 10.1. The van der Waals surface area contributed by atoms with Gasteiger partial charge in [-0.2, -0.15) is 5.26 Å². The molecule has 2 aromatic rings. The van der Waals surface area contributed by atoms with Crippen LogP contribution in [0.3, 0.4) is 0 Å². The fourth-order valence-electron chi connectivity index (χ4n) is 1.94. The minimum atomic E-state index is 0.796. The molecule has 0 fully saturated rings. The summed E-state index contributed by atoms with van der Waals surface area (Å²) in [6.45, 7) is 6.39. The van der Waals surface area contributed by atoms with Gasteiger partial charge in [-0.25, -0.2) is 0 Å². The molecule has 0 saturated heterocycles. The first kappa shape index (κ1) is 15.0. The van der Waals surface area contributed by atoms with E-state index in [0.717, 1.165) is 24.0 Å². The van der Waals surface area contributed by atoms with E-state index in [2.05, 4.69) is 51.1 Å². The van der Waals surface area contributed by atoms with E-state index >= 15 is 0 Å². The molecule has 0 aromatic heterocycles. The predicted molar refractivity (Wildman–Crippen MR) is 81.1 cm³/mol. The number of benzene rings is 2. The largest absolute Gasteiger partial charge is 0.192 e. The average molecular weight is 251 g/mol. The molecule has 2 rings (SSSR count). The standard InChI is InChI=1S/C9H9N.C9H12/c1-2-8-5-3-4-6-9(8)7-10;1-3-9-7-5-4-6-8(9)2/h3-6H,2H2,1H3;4-7H,3H2,1-2H3. The minimum Gasteiger partial charge on any atom is -0.192 e. The van der Waals surface area contributed by atoms with Crippen molar-refractivity contribution in [3.05, 3.63) is 70.8 Å². The molecule has 0 heterocycles. The Labute approximate surface area is 116 Å². The van der Waals surface area contributed by atoms with E-state index in [-0.39, 0.29) is 0 Å². The van der Waals surface area contributed by atoms with E-state index in [0.29, 0.717) is 0 Å². The quantitative estimate of drug-likeness (QED) is 0.760. The Kier molecular flexibility index (Phi) is 6.39. The molecular formula is C18H21N. The maximum atomic E-state index is 8.60. The Morgan fingerprint density at radius 2 is 1.37 bits per heavy atom. The minimum absolute atomic E-state index is 0.796. The van der Waals surface area contributed by atoms with Crippen LogP contribution < -0.4 is 0 Å². The maximum absolute atomic E-state index is 8.60. The van der Waals surface area contributed by atoms with Crippen LogP contribution in [0.1, 0.15) is 36.1 Å². The lowest BCUT2D eigenvalue weighted by Gasteiger charge is -1.98. The van der Waals surface area contributed by atoms with E-state index in [9.17, 15) is 0 Å². The van der Waals surface area contributed by atoms with Gasteiger partial charge in [-0.15, -0.1) is 0 Å². The van der Waals surface area contributed by atoms with Crippen molar-refractivity contribution in [2.24, 2.45) is 0 Å². The molecule has 0 saturated carbocycles. The van der Waals surface area contributed by atoms with Crippen molar-refractivity contribution in [1.82, 2.24) is 0 Å². The van der Waals surface area contributed by atoms with Crippen LogP contribution >= 0.6 is 0 Å². The van der Waals surface area contributed by atoms with Gasteiger partial charge in [-0.05, 0) is 42.5 Å². The highest BCUT2D eigenvalue weighted by atomic mass is 14.2. The Morgan fingerprint density at radius 1 is 0.842 bits per heavy atom. The zero-order valence-electron chi connectivity index (χ0n) is 12.0. The van der Waals surface area contributed by atoms with E-state index < -0.39 is 0 Å². The molecule has 0 amide bonds. The number of hydrogen-bond acceptors (Lipinski definition) is 1. The van der Waals surface area contributed by atoms with Gasteiger partial charge in [0.2, 0.25) is 0 Å².